The number of nitrogens with one attached hydrogen (secondary N) is 2. The highest BCUT2D eigenvalue weighted by molar-refractivity contribution is 6.02. The molecule has 2 fully saturated rings. The normalized spacial score (nSPS) is 21.3. The van der Waals surface area contributed by atoms with Crippen molar-refractivity contribution in [2.45, 2.75) is 44.2 Å². The van der Waals surface area contributed by atoms with Crippen molar-refractivity contribution in [3.63, 3.8) is 0 Å². The maximum absolute atomic E-state index is 13.4. The average Bonchev–Trinajstić information content (AvgIpc) is 3.27. The molecule has 0 radical (unpaired) electrons. The number of fused-ring (bicyclic) bond motifs is 1. The van der Waals surface area contributed by atoms with Gasteiger partial charge in [-0.2, -0.15) is 0 Å². The lowest BCUT2D eigenvalue weighted by Gasteiger charge is -2.33. The fraction of sp³-hybridized carbons (Fsp3) is 0.385. The van der Waals surface area contributed by atoms with Crippen molar-refractivity contribution in [1.29, 1.82) is 0 Å². The van der Waals surface area contributed by atoms with E-state index in [0.29, 0.717) is 29.2 Å². The van der Waals surface area contributed by atoms with Crippen molar-refractivity contribution in [1.82, 2.24) is 10.2 Å². The molecule has 3 atom stereocenters. The summed E-state index contributed by atoms with van der Waals surface area (Å²) in [6.45, 7) is -0.219. The second-order valence-electron chi connectivity index (χ2n) is 8.77. The molecule has 1 aliphatic carbocycles. The molecule has 1 saturated carbocycles. The zero-order chi connectivity index (χ0) is 24.1. The Balaban J connectivity index is 1.46. The Labute approximate surface area is 198 Å². The average molecular weight is 464 g/mol. The first-order chi connectivity index (χ1) is 16.5. The number of ether oxygens (including phenoxy) is 1. The van der Waals surface area contributed by atoms with E-state index in [9.17, 15) is 19.2 Å². The third-order valence-electron chi connectivity index (χ3n) is 6.68. The van der Waals surface area contributed by atoms with Gasteiger partial charge in [-0.3, -0.25) is 19.2 Å². The van der Waals surface area contributed by atoms with Crippen molar-refractivity contribution in [2.24, 2.45) is 5.92 Å². The molecule has 2 aromatic carbocycles. The molecule has 3 amide bonds. The summed E-state index contributed by atoms with van der Waals surface area (Å²) in [5.74, 6) is -0.945. The molecule has 2 aromatic rings. The molecule has 1 saturated heterocycles. The van der Waals surface area contributed by atoms with Gasteiger partial charge in [-0.15, -0.1) is 0 Å². The monoisotopic (exact) mass is 463 g/mol. The Bertz CT molecular complexity index is 1050. The summed E-state index contributed by atoms with van der Waals surface area (Å²) in [4.78, 5) is 51.8. The molecule has 2 N–H and O–H groups in total. The van der Waals surface area contributed by atoms with Gasteiger partial charge in [0.05, 0.1) is 7.11 Å². The molecule has 0 spiro atoms. The Kier molecular flexibility index (Phi) is 7.25. The van der Waals surface area contributed by atoms with Crippen LogP contribution in [0.5, 0.6) is 0 Å². The first-order valence-corrected chi connectivity index (χ1v) is 11.6. The fourth-order valence-electron chi connectivity index (χ4n) is 4.97. The number of carbonyl (C=O) groups excluding carboxylic acids is 4. The third-order valence-corrected chi connectivity index (χ3v) is 6.68. The fourth-order valence-corrected chi connectivity index (χ4v) is 4.97. The maximum Gasteiger partial charge on any atom is 0.325 e. The van der Waals surface area contributed by atoms with Crippen molar-refractivity contribution in [3.8, 4) is 0 Å². The molecule has 0 aromatic heterocycles. The second kappa shape index (κ2) is 10.5. The molecule has 4 rings (SSSR count). The smallest absolute Gasteiger partial charge is 0.325 e. The van der Waals surface area contributed by atoms with E-state index in [1.807, 2.05) is 18.2 Å². The molecule has 0 bridgehead atoms. The Morgan fingerprint density at radius 3 is 2.35 bits per heavy atom. The zero-order valence-corrected chi connectivity index (χ0v) is 19.2. The van der Waals surface area contributed by atoms with Crippen LogP contribution in [-0.4, -0.2) is 54.3 Å². The summed E-state index contributed by atoms with van der Waals surface area (Å²) in [5, 5.41) is 5.39. The van der Waals surface area contributed by atoms with Gasteiger partial charge in [-0.05, 0) is 61.6 Å². The van der Waals surface area contributed by atoms with Crippen LogP contribution in [0.4, 0.5) is 5.69 Å². The van der Waals surface area contributed by atoms with Gasteiger partial charge >= 0.3 is 5.97 Å². The van der Waals surface area contributed by atoms with Crippen LogP contribution >= 0.6 is 0 Å². The summed E-state index contributed by atoms with van der Waals surface area (Å²) >= 11 is 0. The van der Waals surface area contributed by atoms with E-state index < -0.39 is 17.9 Å². The van der Waals surface area contributed by atoms with Gasteiger partial charge in [-0.25, -0.2) is 0 Å². The van der Waals surface area contributed by atoms with E-state index >= 15 is 0 Å². The number of benzene rings is 2. The highest BCUT2D eigenvalue weighted by Crippen LogP contribution is 2.40. The van der Waals surface area contributed by atoms with Gasteiger partial charge in [0.1, 0.15) is 12.6 Å². The minimum atomic E-state index is -0.538. The summed E-state index contributed by atoms with van der Waals surface area (Å²) in [6, 6.07) is 15.1. The van der Waals surface area contributed by atoms with Gasteiger partial charge in [0, 0.05) is 22.9 Å². The summed E-state index contributed by atoms with van der Waals surface area (Å²) < 4.78 is 4.51. The maximum atomic E-state index is 13.4. The van der Waals surface area contributed by atoms with Crippen LogP contribution in [0.1, 0.15) is 52.8 Å². The first kappa shape index (κ1) is 23.5. The Morgan fingerprint density at radius 1 is 0.941 bits per heavy atom. The molecule has 8 nitrogen and oxygen atoms in total. The Hall–Kier alpha value is -3.68. The SMILES string of the molecule is COC(=O)CNC(=O)c1ccc(NC(=O)C2CC3CCCCC3N2C(=O)c2ccccc2)cc1. The van der Waals surface area contributed by atoms with Crippen LogP contribution in [0, 0.1) is 5.92 Å². The van der Waals surface area contributed by atoms with Crippen molar-refractivity contribution in [3.05, 3.63) is 65.7 Å². The van der Waals surface area contributed by atoms with E-state index in [-0.39, 0.29) is 24.4 Å². The number of amides is 3. The molecule has 3 unspecified atom stereocenters. The standard InChI is InChI=1S/C26H29N3O5/c1-34-23(30)16-27-24(31)17-11-13-20(14-12-17)28-25(32)22-15-19-9-5-6-10-21(19)29(22)26(33)18-7-3-2-4-8-18/h2-4,7-8,11-14,19,21-22H,5-6,9-10,15-16H2,1H3,(H,27,31)(H,28,32). The van der Waals surface area contributed by atoms with Crippen LogP contribution in [0.2, 0.25) is 0 Å². The van der Waals surface area contributed by atoms with Gasteiger partial charge in [0.15, 0.2) is 0 Å². The first-order valence-electron chi connectivity index (χ1n) is 11.6. The van der Waals surface area contributed by atoms with Gasteiger partial charge < -0.3 is 20.3 Å². The quantitative estimate of drug-likeness (QED) is 0.641. The van der Waals surface area contributed by atoms with Crippen LogP contribution < -0.4 is 10.6 Å². The number of hydrogen-bond acceptors (Lipinski definition) is 5. The molecular formula is C26H29N3O5. The van der Waals surface area contributed by atoms with Gasteiger partial charge in [0.2, 0.25) is 5.91 Å². The van der Waals surface area contributed by atoms with E-state index in [2.05, 4.69) is 15.4 Å². The molecule has 1 heterocycles. The largest absolute Gasteiger partial charge is 0.468 e. The van der Waals surface area contributed by atoms with Crippen LogP contribution in [0.3, 0.4) is 0 Å². The molecule has 8 heteroatoms. The zero-order valence-electron chi connectivity index (χ0n) is 19.2. The Morgan fingerprint density at radius 2 is 1.65 bits per heavy atom. The predicted molar refractivity (Wildman–Crippen MR) is 126 cm³/mol. The van der Waals surface area contributed by atoms with Crippen LogP contribution in [-0.2, 0) is 14.3 Å². The number of hydrogen-bond donors (Lipinski definition) is 2. The number of esters is 1. The molecule has 1 aliphatic heterocycles. The third kappa shape index (κ3) is 5.11. The van der Waals surface area contributed by atoms with Gasteiger partial charge in [-0.1, -0.05) is 31.0 Å². The summed E-state index contributed by atoms with van der Waals surface area (Å²) in [6.07, 6.45) is 4.80. The van der Waals surface area contributed by atoms with Crippen LogP contribution in [0.15, 0.2) is 54.6 Å². The number of carbonyl (C=O) groups is 4. The molecule has 178 valence electrons. The lowest BCUT2D eigenvalue weighted by atomic mass is 9.84. The van der Waals surface area contributed by atoms with E-state index in [1.165, 1.54) is 7.11 Å². The van der Waals surface area contributed by atoms with E-state index in [1.54, 1.807) is 41.3 Å². The van der Waals surface area contributed by atoms with Crippen LogP contribution in [0.25, 0.3) is 0 Å². The molecule has 2 aliphatic rings. The minimum Gasteiger partial charge on any atom is -0.468 e. The number of rotatable bonds is 6. The minimum absolute atomic E-state index is 0.0816. The number of methoxy groups -OCH3 is 1. The predicted octanol–water partition coefficient (Wildman–Crippen LogP) is 3.00. The highest BCUT2D eigenvalue weighted by atomic mass is 16.5. The summed E-state index contributed by atoms with van der Waals surface area (Å²) in [5.41, 5.74) is 1.49. The topological polar surface area (TPSA) is 105 Å². The number of anilines is 1. The number of nitrogens with zero attached hydrogens (tertiary/aromatic N) is 1. The molecular weight excluding hydrogens is 434 g/mol. The van der Waals surface area contributed by atoms with E-state index in [4.69, 9.17) is 0 Å². The molecule has 34 heavy (non-hydrogen) atoms. The second-order valence-corrected chi connectivity index (χ2v) is 8.77. The van der Waals surface area contributed by atoms with Crippen molar-refractivity contribution in [2.75, 3.05) is 19.0 Å². The van der Waals surface area contributed by atoms with Gasteiger partial charge in [0.25, 0.3) is 11.8 Å². The lowest BCUT2D eigenvalue weighted by Crippen LogP contribution is -2.47. The summed E-state index contributed by atoms with van der Waals surface area (Å²) in [7, 11) is 1.25. The van der Waals surface area contributed by atoms with E-state index in [0.717, 1.165) is 25.7 Å². The lowest BCUT2D eigenvalue weighted by molar-refractivity contribution is -0.139. The number of likely N-dealkylation sites (tertiary alicyclic amines) is 1. The highest BCUT2D eigenvalue weighted by Gasteiger charge is 2.47. The van der Waals surface area contributed by atoms with Crippen molar-refractivity contribution < 1.29 is 23.9 Å². The van der Waals surface area contributed by atoms with Crippen molar-refractivity contribution >= 4 is 29.4 Å².